The summed E-state index contributed by atoms with van der Waals surface area (Å²) >= 11 is 1.33. The lowest BCUT2D eigenvalue weighted by Gasteiger charge is -2.38. The highest BCUT2D eigenvalue weighted by Gasteiger charge is 2.40. The number of anilines is 1. The first kappa shape index (κ1) is 28.7. The first-order valence-electron chi connectivity index (χ1n) is 12.5. The molecule has 0 bridgehead atoms. The number of thioether (sulfide) groups is 1. The van der Waals surface area contributed by atoms with Crippen molar-refractivity contribution in [3.63, 3.8) is 0 Å². The molecule has 38 heavy (non-hydrogen) atoms. The van der Waals surface area contributed by atoms with Gasteiger partial charge in [-0.05, 0) is 38.2 Å². The number of hydrogen-bond acceptors (Lipinski definition) is 9. The molecule has 3 N–H and O–H groups in total. The van der Waals surface area contributed by atoms with Crippen LogP contribution < -0.4 is 16.5 Å². The maximum Gasteiger partial charge on any atom is 0.351 e. The second-order valence-corrected chi connectivity index (χ2v) is 12.4. The van der Waals surface area contributed by atoms with Gasteiger partial charge in [0.2, 0.25) is 0 Å². The van der Waals surface area contributed by atoms with Gasteiger partial charge in [0.25, 0.3) is 0 Å². The molecule has 0 radical (unpaired) electrons. The molecule has 11 nitrogen and oxygen atoms in total. The Morgan fingerprint density at radius 2 is 2.05 bits per heavy atom. The molecule has 0 spiro atoms. The van der Waals surface area contributed by atoms with Gasteiger partial charge in [0.05, 0.1) is 19.4 Å². The lowest BCUT2D eigenvalue weighted by atomic mass is 9.90. The Hall–Kier alpha value is -2.28. The Kier molecular flexibility index (Phi) is 9.61. The van der Waals surface area contributed by atoms with Gasteiger partial charge in [-0.15, -0.1) is 11.8 Å². The van der Waals surface area contributed by atoms with Crippen LogP contribution in [0.3, 0.4) is 0 Å². The third-order valence-corrected chi connectivity index (χ3v) is 9.93. The molecule has 1 unspecified atom stereocenters. The largest absolute Gasteiger partial charge is 0.465 e. The SMILES string of the molecule is CCOC(=O)[C@H](C)NP(=O)(OC[C@@H]1O[C@H](n2cc(F)c(N)nc2=O)CS1)N1CCC(c2ccccc2)CC1. The van der Waals surface area contributed by atoms with E-state index in [4.69, 9.17) is 19.7 Å². The molecule has 2 saturated heterocycles. The number of aromatic nitrogens is 2. The van der Waals surface area contributed by atoms with E-state index in [2.05, 4.69) is 22.2 Å². The minimum absolute atomic E-state index is 0.0841. The zero-order valence-electron chi connectivity index (χ0n) is 21.3. The molecule has 2 fully saturated rings. The van der Waals surface area contributed by atoms with E-state index in [9.17, 15) is 18.5 Å². The summed E-state index contributed by atoms with van der Waals surface area (Å²) in [6.07, 6.45) is 1.74. The number of nitrogen functional groups attached to an aromatic ring is 1. The molecule has 0 amide bonds. The van der Waals surface area contributed by atoms with Gasteiger partial charge in [-0.1, -0.05) is 30.3 Å². The Labute approximate surface area is 224 Å². The second kappa shape index (κ2) is 12.7. The molecule has 4 rings (SSSR count). The Balaban J connectivity index is 1.42. The number of hydrogen-bond donors (Lipinski definition) is 2. The number of nitrogens with one attached hydrogen (secondary N) is 1. The molecule has 2 aliphatic rings. The van der Waals surface area contributed by atoms with Crippen LogP contribution in [0, 0.1) is 5.82 Å². The number of nitrogens with zero attached hydrogens (tertiary/aromatic N) is 3. The highest BCUT2D eigenvalue weighted by Crippen LogP contribution is 2.51. The summed E-state index contributed by atoms with van der Waals surface area (Å²) in [5.41, 5.74) is 5.29. The highest BCUT2D eigenvalue weighted by molar-refractivity contribution is 8.00. The van der Waals surface area contributed by atoms with Crippen LogP contribution in [-0.2, 0) is 23.4 Å². The van der Waals surface area contributed by atoms with Crippen LogP contribution in [0.4, 0.5) is 10.2 Å². The van der Waals surface area contributed by atoms with Crippen molar-refractivity contribution in [2.45, 2.75) is 50.3 Å². The molecule has 2 aromatic rings. The fraction of sp³-hybridized carbons (Fsp3) is 0.542. The molecular weight excluding hydrogens is 536 g/mol. The zero-order valence-corrected chi connectivity index (χ0v) is 23.0. The quantitative estimate of drug-likeness (QED) is 0.322. The number of esters is 1. The van der Waals surface area contributed by atoms with E-state index >= 15 is 0 Å². The number of ether oxygens (including phenoxy) is 2. The average molecular weight is 570 g/mol. The number of carbonyl (C=O) groups is 1. The van der Waals surface area contributed by atoms with Crippen molar-refractivity contribution < 1.29 is 27.7 Å². The predicted octanol–water partition coefficient (Wildman–Crippen LogP) is 3.10. The van der Waals surface area contributed by atoms with Gasteiger partial charge >= 0.3 is 19.3 Å². The minimum Gasteiger partial charge on any atom is -0.465 e. The fourth-order valence-electron chi connectivity index (χ4n) is 4.46. The Morgan fingerprint density at radius 3 is 2.74 bits per heavy atom. The molecule has 3 heterocycles. The maximum atomic E-state index is 14.2. The predicted molar refractivity (Wildman–Crippen MR) is 142 cm³/mol. The van der Waals surface area contributed by atoms with Gasteiger partial charge < -0.3 is 19.7 Å². The van der Waals surface area contributed by atoms with Crippen molar-refractivity contribution in [3.05, 3.63) is 58.4 Å². The average Bonchev–Trinajstić information content (AvgIpc) is 3.39. The van der Waals surface area contributed by atoms with E-state index < -0.39 is 48.7 Å². The van der Waals surface area contributed by atoms with E-state index in [0.29, 0.717) is 24.8 Å². The van der Waals surface area contributed by atoms with E-state index in [0.717, 1.165) is 23.6 Å². The van der Waals surface area contributed by atoms with Crippen LogP contribution in [0.1, 0.15) is 44.4 Å². The van der Waals surface area contributed by atoms with Crippen LogP contribution in [-0.4, -0.2) is 63.7 Å². The highest BCUT2D eigenvalue weighted by atomic mass is 32.2. The first-order chi connectivity index (χ1) is 18.2. The molecular formula is C24H33FN5O6PS. The van der Waals surface area contributed by atoms with Crippen molar-refractivity contribution >= 4 is 31.2 Å². The van der Waals surface area contributed by atoms with E-state index in [1.54, 1.807) is 18.5 Å². The van der Waals surface area contributed by atoms with Gasteiger partial charge in [0.1, 0.15) is 17.7 Å². The molecule has 14 heteroatoms. The number of benzene rings is 1. The van der Waals surface area contributed by atoms with Crippen molar-refractivity contribution in [2.75, 3.05) is 37.8 Å². The van der Waals surface area contributed by atoms with Crippen molar-refractivity contribution in [3.8, 4) is 0 Å². The third kappa shape index (κ3) is 6.83. The van der Waals surface area contributed by atoms with Crippen molar-refractivity contribution in [1.29, 1.82) is 0 Å². The summed E-state index contributed by atoms with van der Waals surface area (Å²) in [4.78, 5) is 27.9. The smallest absolute Gasteiger partial charge is 0.351 e. The molecule has 208 valence electrons. The number of rotatable bonds is 10. The summed E-state index contributed by atoms with van der Waals surface area (Å²) in [7, 11) is -3.68. The van der Waals surface area contributed by atoms with Crippen LogP contribution >= 0.6 is 19.4 Å². The van der Waals surface area contributed by atoms with Crippen molar-refractivity contribution in [1.82, 2.24) is 19.3 Å². The first-order valence-corrected chi connectivity index (χ1v) is 15.1. The number of carbonyl (C=O) groups excluding carboxylic acids is 1. The summed E-state index contributed by atoms with van der Waals surface area (Å²) < 4.78 is 47.7. The van der Waals surface area contributed by atoms with Gasteiger partial charge in [0.15, 0.2) is 11.6 Å². The fourth-order valence-corrected chi connectivity index (χ4v) is 7.64. The van der Waals surface area contributed by atoms with Crippen molar-refractivity contribution in [2.24, 2.45) is 0 Å². The third-order valence-electron chi connectivity index (χ3n) is 6.48. The Bertz CT molecular complexity index is 1210. The van der Waals surface area contributed by atoms with Crippen LogP contribution in [0.5, 0.6) is 0 Å². The summed E-state index contributed by atoms with van der Waals surface area (Å²) in [5, 5.41) is 2.88. The zero-order chi connectivity index (χ0) is 27.3. The molecule has 0 aliphatic carbocycles. The van der Waals surface area contributed by atoms with Gasteiger partial charge in [-0.2, -0.15) is 4.98 Å². The van der Waals surface area contributed by atoms with Gasteiger partial charge in [0, 0.05) is 18.8 Å². The van der Waals surface area contributed by atoms with Crippen LogP contribution in [0.25, 0.3) is 0 Å². The summed E-state index contributed by atoms with van der Waals surface area (Å²) in [5.74, 6) is -1.16. The van der Waals surface area contributed by atoms with Gasteiger partial charge in [-0.25, -0.2) is 18.9 Å². The minimum atomic E-state index is -3.68. The standard InChI is InChI=1S/C24H33FN5O6PS/c1-3-34-23(31)16(2)28-37(33,29-11-9-18(10-12-29)17-7-5-4-6-8-17)35-14-21-36-20(15-38-21)30-13-19(25)22(26)27-24(30)32/h4-8,13,16,18,20-21H,3,9-12,14-15H2,1-2H3,(H,28,33)(H2,26,27,32)/t16-,20-,21+,37?/m0/s1. The second-order valence-electron chi connectivity index (χ2n) is 9.08. The summed E-state index contributed by atoms with van der Waals surface area (Å²) in [6.45, 7) is 4.41. The normalized spacial score (nSPS) is 23.1. The molecule has 1 aromatic heterocycles. The maximum absolute atomic E-state index is 14.2. The van der Waals surface area contributed by atoms with Gasteiger partial charge in [-0.3, -0.25) is 13.9 Å². The lowest BCUT2D eigenvalue weighted by Crippen LogP contribution is -2.42. The van der Waals surface area contributed by atoms with E-state index in [1.807, 2.05) is 18.2 Å². The molecule has 2 aliphatic heterocycles. The topological polar surface area (TPSA) is 138 Å². The van der Waals surface area contributed by atoms with Crippen LogP contribution in [0.15, 0.2) is 41.3 Å². The molecule has 0 saturated carbocycles. The van der Waals surface area contributed by atoms with E-state index in [-0.39, 0.29) is 13.2 Å². The monoisotopic (exact) mass is 569 g/mol. The lowest BCUT2D eigenvalue weighted by molar-refractivity contribution is -0.144. The van der Waals surface area contributed by atoms with E-state index in [1.165, 1.54) is 17.3 Å². The van der Waals surface area contributed by atoms with Crippen LogP contribution in [0.2, 0.25) is 0 Å². The Morgan fingerprint density at radius 1 is 1.34 bits per heavy atom. The molecule has 4 atom stereocenters. The number of halogens is 1. The number of nitrogens with two attached hydrogens (primary N) is 1. The molecule has 1 aromatic carbocycles. The summed E-state index contributed by atoms with van der Waals surface area (Å²) in [6, 6.07) is 9.32. The number of piperidine rings is 1.